The van der Waals surface area contributed by atoms with Gasteiger partial charge in [-0.05, 0) is 135 Å². The van der Waals surface area contributed by atoms with Crippen LogP contribution in [0.25, 0.3) is 43.6 Å². The van der Waals surface area contributed by atoms with Crippen molar-refractivity contribution in [2.24, 2.45) is 9.98 Å². The predicted octanol–water partition coefficient (Wildman–Crippen LogP) is 10.3. The number of anilines is 2. The number of rotatable bonds is 30. The summed E-state index contributed by atoms with van der Waals surface area (Å²) in [6.45, 7) is 14.8. The second-order valence-corrected chi connectivity index (χ2v) is 19.5. The van der Waals surface area contributed by atoms with Crippen molar-refractivity contribution in [2.45, 2.75) is 117 Å². The van der Waals surface area contributed by atoms with Gasteiger partial charge in [0.05, 0.1) is 26.4 Å². The largest absolute Gasteiger partial charge is 0.862 e. The Labute approximate surface area is 436 Å². The van der Waals surface area contributed by atoms with Crippen LogP contribution in [0.2, 0.25) is 0 Å². The van der Waals surface area contributed by atoms with Gasteiger partial charge in [0.1, 0.15) is 13.1 Å². The van der Waals surface area contributed by atoms with E-state index in [1.165, 1.54) is 66.1 Å². The summed E-state index contributed by atoms with van der Waals surface area (Å²) in [6.07, 6.45) is 7.99. The molecule has 0 bridgehead atoms. The standard InChI is InChI=1S/C58H80N6O5.2ClH/c1-43(2)45-19-21-47-37-48-22-20-46(44(3)4)40-54(48)63(53(47)39-45)29-13-9-11-17-57(65)59-27-15-31-67-33-35-69-36-34-68-32-16-28-60-58(66)18-12-10-14-30-64-55-41-51(61(5)6)25-23-49(55)38-50-24-26-52(62(7)8)42-56(50)64;;/h19-26,37-44H,9-18,27-36H2,1-8H3;2*1H. The molecular formula is C58H82Cl2N6O5. The van der Waals surface area contributed by atoms with E-state index in [-0.39, 0.29) is 36.6 Å². The number of unbranched alkanes of at least 4 members (excludes halogenated alkanes) is 4. The van der Waals surface area contributed by atoms with Gasteiger partial charge in [0, 0.05) is 125 Å². The molecule has 0 aliphatic carbocycles. The Hall–Kier alpha value is -4.78. The number of aliphatic imine (C=N–C) groups is 2. The van der Waals surface area contributed by atoms with E-state index in [2.05, 4.69) is 170 Å². The first-order valence-corrected chi connectivity index (χ1v) is 25.7. The van der Waals surface area contributed by atoms with Crippen molar-refractivity contribution in [3.8, 4) is 0 Å². The molecule has 0 unspecified atom stereocenters. The van der Waals surface area contributed by atoms with Crippen molar-refractivity contribution in [2.75, 3.05) is 90.7 Å². The molecule has 0 radical (unpaired) electrons. The van der Waals surface area contributed by atoms with Gasteiger partial charge < -0.3 is 44.2 Å². The average molecular weight is 1010 g/mol. The van der Waals surface area contributed by atoms with E-state index in [1.807, 2.05) is 0 Å². The van der Waals surface area contributed by atoms with Crippen LogP contribution < -0.4 is 29.1 Å². The van der Waals surface area contributed by atoms with Gasteiger partial charge >= 0.3 is 0 Å². The summed E-state index contributed by atoms with van der Waals surface area (Å²) in [6, 6.07) is 31.7. The molecule has 6 rings (SSSR count). The fourth-order valence-corrected chi connectivity index (χ4v) is 8.85. The topological polar surface area (TPSA) is 113 Å². The maximum absolute atomic E-state index is 12.5. The minimum Gasteiger partial charge on any atom is -0.862 e. The fourth-order valence-electron chi connectivity index (χ4n) is 8.85. The number of hydrogen-bond acceptors (Lipinski definition) is 9. The fraction of sp³-hybridized carbons (Fsp3) is 0.517. The van der Waals surface area contributed by atoms with E-state index >= 15 is 0 Å². The number of halogens is 2. The molecule has 11 nitrogen and oxygen atoms in total. The van der Waals surface area contributed by atoms with E-state index in [4.69, 9.17) is 14.2 Å². The van der Waals surface area contributed by atoms with E-state index in [9.17, 15) is 10.2 Å². The quantitative estimate of drug-likeness (QED) is 0.0145. The zero-order valence-corrected chi connectivity index (χ0v) is 45.6. The summed E-state index contributed by atoms with van der Waals surface area (Å²) >= 11 is 0. The maximum atomic E-state index is 12.5. The maximum Gasteiger partial charge on any atom is 0.215 e. The van der Waals surface area contributed by atoms with Crippen LogP contribution in [-0.2, 0) is 27.3 Å². The van der Waals surface area contributed by atoms with Crippen molar-refractivity contribution >= 4 is 91.6 Å². The van der Waals surface area contributed by atoms with Crippen LogP contribution in [0.5, 0.6) is 0 Å². The van der Waals surface area contributed by atoms with E-state index < -0.39 is 0 Å². The number of hydrogen-bond donors (Lipinski definition) is 0. The monoisotopic (exact) mass is 1010 g/mol. The minimum absolute atomic E-state index is 0. The number of nitrogens with zero attached hydrogens (tertiary/aromatic N) is 6. The zero-order valence-electron chi connectivity index (χ0n) is 43.9. The van der Waals surface area contributed by atoms with Gasteiger partial charge in [-0.2, -0.15) is 9.13 Å². The van der Waals surface area contributed by atoms with Crippen LogP contribution in [0.15, 0.2) is 94.9 Å². The van der Waals surface area contributed by atoms with Crippen LogP contribution in [0.3, 0.4) is 0 Å². The van der Waals surface area contributed by atoms with Crippen molar-refractivity contribution in [1.82, 2.24) is 0 Å². The Morgan fingerprint density at radius 2 is 0.803 bits per heavy atom. The Balaban J connectivity index is 0.00000548. The van der Waals surface area contributed by atoms with E-state index in [0.29, 0.717) is 90.2 Å². The molecule has 388 valence electrons. The molecule has 0 saturated carbocycles. The van der Waals surface area contributed by atoms with Gasteiger partial charge in [-0.15, -0.1) is 24.8 Å². The summed E-state index contributed by atoms with van der Waals surface area (Å²) in [4.78, 5) is 12.8. The molecule has 0 atom stereocenters. The molecule has 13 heteroatoms. The lowest BCUT2D eigenvalue weighted by Gasteiger charge is -2.15. The van der Waals surface area contributed by atoms with E-state index in [1.54, 1.807) is 0 Å². The number of pyridine rings is 2. The highest BCUT2D eigenvalue weighted by atomic mass is 35.5. The molecule has 2 aromatic heterocycles. The summed E-state index contributed by atoms with van der Waals surface area (Å²) in [5.41, 5.74) is 10.1. The van der Waals surface area contributed by atoms with Crippen molar-refractivity contribution < 1.29 is 33.6 Å². The molecule has 0 amide bonds. The molecule has 0 N–H and O–H groups in total. The Morgan fingerprint density at radius 1 is 0.451 bits per heavy atom. The van der Waals surface area contributed by atoms with Gasteiger partial charge in [-0.1, -0.05) is 39.8 Å². The molecule has 0 spiro atoms. The third kappa shape index (κ3) is 17.7. The molecule has 0 aliphatic rings. The first-order chi connectivity index (χ1) is 33.4. The molecule has 0 aliphatic heterocycles. The number of aryl methyl sites for hydroxylation is 2. The predicted molar refractivity (Wildman–Crippen MR) is 298 cm³/mol. The first kappa shape index (κ1) is 58.8. The van der Waals surface area contributed by atoms with Crippen molar-refractivity contribution in [1.29, 1.82) is 0 Å². The highest BCUT2D eigenvalue weighted by molar-refractivity contribution is 5.92. The Morgan fingerprint density at radius 3 is 1.17 bits per heavy atom. The minimum atomic E-state index is -0.0269. The Bertz CT molecular complexity index is 2320. The average Bonchev–Trinajstić information content (AvgIpc) is 3.33. The molecule has 2 heterocycles. The van der Waals surface area contributed by atoms with Crippen molar-refractivity contribution in [3.05, 3.63) is 96.1 Å². The molecular weight excluding hydrogens is 932 g/mol. The summed E-state index contributed by atoms with van der Waals surface area (Å²) < 4.78 is 21.9. The smallest absolute Gasteiger partial charge is 0.215 e. The highest BCUT2D eigenvalue weighted by Crippen LogP contribution is 2.28. The Kier molecular flexibility index (Phi) is 25.1. The lowest BCUT2D eigenvalue weighted by atomic mass is 9.98. The van der Waals surface area contributed by atoms with Crippen LogP contribution in [0.4, 0.5) is 11.4 Å². The first-order valence-electron chi connectivity index (χ1n) is 25.7. The second-order valence-electron chi connectivity index (χ2n) is 19.5. The number of ether oxygens (including phenoxy) is 3. The number of benzene rings is 4. The van der Waals surface area contributed by atoms with Crippen LogP contribution in [0, 0.1) is 0 Å². The molecule has 0 fully saturated rings. The van der Waals surface area contributed by atoms with E-state index in [0.717, 1.165) is 51.6 Å². The molecule has 4 aromatic carbocycles. The van der Waals surface area contributed by atoms with Crippen LogP contribution in [-0.4, -0.2) is 92.7 Å². The van der Waals surface area contributed by atoms with Gasteiger partial charge in [-0.25, -0.2) is 0 Å². The van der Waals surface area contributed by atoms with Crippen LogP contribution in [0.1, 0.15) is 115 Å². The van der Waals surface area contributed by atoms with Gasteiger partial charge in [-0.3, -0.25) is 0 Å². The summed E-state index contributed by atoms with van der Waals surface area (Å²) in [7, 11) is 8.31. The molecule has 0 saturated heterocycles. The zero-order chi connectivity index (χ0) is 49.1. The summed E-state index contributed by atoms with van der Waals surface area (Å²) in [5.74, 6) is 0.893. The highest BCUT2D eigenvalue weighted by Gasteiger charge is 2.19. The SMILES string of the molecule is CC(C)c1ccc2cc3ccc(C(C)C)cc3[n+](CCCCCC([O-])=NCCCOCCOCCOCCCN=C([O-])CCCCC[n+]3c4cc(N(C)C)ccc4cc4ccc(N(C)C)cc43)c2c1.Cl.Cl. The van der Waals surface area contributed by atoms with Gasteiger partial charge in [0.25, 0.3) is 0 Å². The lowest BCUT2D eigenvalue weighted by Crippen LogP contribution is -2.36. The number of fused-ring (bicyclic) bond motifs is 4. The van der Waals surface area contributed by atoms with Crippen molar-refractivity contribution in [3.63, 3.8) is 0 Å². The second kappa shape index (κ2) is 30.3. The third-order valence-corrected chi connectivity index (χ3v) is 13.0. The van der Waals surface area contributed by atoms with Crippen LogP contribution >= 0.6 is 24.8 Å². The normalized spacial score (nSPS) is 12.1. The molecule has 6 aromatic rings. The number of aromatic nitrogens is 2. The molecule has 71 heavy (non-hydrogen) atoms. The lowest BCUT2D eigenvalue weighted by molar-refractivity contribution is -0.646. The third-order valence-electron chi connectivity index (χ3n) is 13.0. The summed E-state index contributed by atoms with van der Waals surface area (Å²) in [5, 5.41) is 30.0. The van der Waals surface area contributed by atoms with Gasteiger partial charge in [0.2, 0.25) is 22.1 Å². The van der Waals surface area contributed by atoms with Gasteiger partial charge in [0.15, 0.2) is 0 Å².